The summed E-state index contributed by atoms with van der Waals surface area (Å²) in [6.07, 6.45) is 4.26. The third-order valence-electron chi connectivity index (χ3n) is 4.46. The number of piperidine rings is 1. The number of nitrogens with one attached hydrogen (secondary N) is 2. The summed E-state index contributed by atoms with van der Waals surface area (Å²) >= 11 is 0. The largest absolute Gasteiger partial charge is 0.336 e. The van der Waals surface area contributed by atoms with Crippen LogP contribution in [0.5, 0.6) is 0 Å². The normalized spacial score (nSPS) is 22.1. The highest BCUT2D eigenvalue weighted by Gasteiger charge is 2.38. The van der Waals surface area contributed by atoms with E-state index in [1.165, 1.54) is 29.4 Å². The Morgan fingerprint density at radius 1 is 1.15 bits per heavy atom. The number of aryl methyl sites for hydroxylation is 1. The summed E-state index contributed by atoms with van der Waals surface area (Å²) in [7, 11) is 9.24. The van der Waals surface area contributed by atoms with Gasteiger partial charge in [-0.25, -0.2) is 0 Å². The van der Waals surface area contributed by atoms with Crippen molar-refractivity contribution in [2.75, 3.05) is 0 Å². The van der Waals surface area contributed by atoms with E-state index in [0.717, 1.165) is 5.52 Å². The number of fused-ring (bicyclic) bond motifs is 1. The van der Waals surface area contributed by atoms with Gasteiger partial charge in [-0.1, -0.05) is 0 Å². The van der Waals surface area contributed by atoms with Gasteiger partial charge in [-0.05, 0) is 59.6 Å². The van der Waals surface area contributed by atoms with Gasteiger partial charge < -0.3 is 5.32 Å². The van der Waals surface area contributed by atoms with E-state index in [9.17, 15) is 0 Å². The first-order valence-electron chi connectivity index (χ1n) is 7.49. The lowest BCUT2D eigenvalue weighted by atomic mass is 9.46. The van der Waals surface area contributed by atoms with Gasteiger partial charge >= 0.3 is 0 Å². The van der Waals surface area contributed by atoms with Crippen LogP contribution in [-0.4, -0.2) is 52.3 Å². The first-order valence-corrected chi connectivity index (χ1v) is 7.49. The molecule has 1 aromatic carbocycles. The lowest BCUT2D eigenvalue weighted by Gasteiger charge is -2.48. The minimum absolute atomic E-state index is 0.182. The molecule has 100 valence electrons. The number of aromatic amines is 1. The van der Waals surface area contributed by atoms with Crippen molar-refractivity contribution in [3.63, 3.8) is 0 Å². The Morgan fingerprint density at radius 3 is 2.45 bits per heavy atom. The molecule has 2 heterocycles. The van der Waals surface area contributed by atoms with Crippen molar-refractivity contribution in [2.45, 2.75) is 36.4 Å². The van der Waals surface area contributed by atoms with Crippen LogP contribution >= 0.6 is 0 Å². The van der Waals surface area contributed by atoms with Crippen molar-refractivity contribution in [1.82, 2.24) is 15.5 Å². The van der Waals surface area contributed by atoms with E-state index in [1.807, 2.05) is 6.20 Å². The van der Waals surface area contributed by atoms with Crippen molar-refractivity contribution < 1.29 is 0 Å². The number of aromatic nitrogens is 2. The van der Waals surface area contributed by atoms with E-state index in [2.05, 4.69) is 66.0 Å². The van der Waals surface area contributed by atoms with Crippen molar-refractivity contribution in [1.29, 1.82) is 0 Å². The Hall–Kier alpha value is -1.09. The highest BCUT2D eigenvalue weighted by Crippen LogP contribution is 2.37. The summed E-state index contributed by atoms with van der Waals surface area (Å²) in [6.45, 7) is 2.23. The van der Waals surface area contributed by atoms with Crippen molar-refractivity contribution in [3.8, 4) is 0 Å². The van der Waals surface area contributed by atoms with Crippen LogP contribution in [0.3, 0.4) is 0 Å². The minimum atomic E-state index is 0.182. The minimum Gasteiger partial charge on any atom is -0.336 e. The molecule has 0 atom stereocenters. The predicted molar refractivity (Wildman–Crippen MR) is 95.6 cm³/mol. The zero-order valence-corrected chi connectivity index (χ0v) is 13.2. The number of benzene rings is 1. The number of rotatable bonds is 1. The topological polar surface area (TPSA) is 40.7 Å². The fraction of sp³-hybridized carbons (Fsp3) is 0.462. The molecule has 1 aliphatic heterocycles. The lowest BCUT2D eigenvalue weighted by Crippen LogP contribution is -2.64. The van der Waals surface area contributed by atoms with Crippen LogP contribution in [0, 0.1) is 6.92 Å². The molecule has 20 heavy (non-hydrogen) atoms. The molecule has 1 fully saturated rings. The van der Waals surface area contributed by atoms with E-state index >= 15 is 0 Å². The quantitative estimate of drug-likeness (QED) is 0.594. The van der Waals surface area contributed by atoms with E-state index in [1.54, 1.807) is 0 Å². The standard InChI is InChI=1S/C13H21B4N3/c1-7-2-8-6-18-19-11(8)3-10(7)9-4-12(14,15)20-13(16,17)5-9/h2-3,6,9,20H,4-5,14-17H2,1H3,(H,18,19). The fourth-order valence-electron chi connectivity index (χ4n) is 4.10. The molecule has 0 unspecified atom stereocenters. The van der Waals surface area contributed by atoms with Crippen LogP contribution in [-0.2, 0) is 0 Å². The molecule has 0 amide bonds. The van der Waals surface area contributed by atoms with Gasteiger partial charge in [0.2, 0.25) is 0 Å². The molecule has 1 saturated heterocycles. The third-order valence-corrected chi connectivity index (χ3v) is 4.46. The summed E-state index contributed by atoms with van der Waals surface area (Å²) in [6, 6.07) is 4.57. The second-order valence-corrected chi connectivity index (χ2v) is 7.66. The van der Waals surface area contributed by atoms with Gasteiger partial charge in [0.15, 0.2) is 0 Å². The Morgan fingerprint density at radius 2 is 1.80 bits per heavy atom. The van der Waals surface area contributed by atoms with Gasteiger partial charge in [0.25, 0.3) is 0 Å². The zero-order chi connectivity index (χ0) is 14.5. The molecular formula is C13H21B4N3. The molecule has 0 aliphatic carbocycles. The van der Waals surface area contributed by atoms with E-state index in [-0.39, 0.29) is 10.7 Å². The van der Waals surface area contributed by atoms with Gasteiger partial charge in [-0.3, -0.25) is 5.10 Å². The highest BCUT2D eigenvalue weighted by molar-refractivity contribution is 6.44. The van der Waals surface area contributed by atoms with Crippen molar-refractivity contribution in [3.05, 3.63) is 29.5 Å². The molecule has 0 saturated carbocycles. The van der Waals surface area contributed by atoms with Crippen LogP contribution in [0.25, 0.3) is 10.9 Å². The second-order valence-electron chi connectivity index (χ2n) is 7.66. The third kappa shape index (κ3) is 2.56. The molecule has 3 rings (SSSR count). The van der Waals surface area contributed by atoms with Gasteiger partial charge in [0.1, 0.15) is 31.4 Å². The maximum Gasteiger partial charge on any atom is 0.116 e. The zero-order valence-electron chi connectivity index (χ0n) is 13.2. The monoisotopic (exact) mass is 263 g/mol. The number of hydrogen-bond acceptors (Lipinski definition) is 2. The SMILES string of the molecule is BC1(B)CC(c2cc3[nH]ncc3cc2C)CC(B)(B)N1. The van der Waals surface area contributed by atoms with Crippen molar-refractivity contribution >= 4 is 42.3 Å². The average Bonchev–Trinajstić information content (AvgIpc) is 2.70. The first kappa shape index (κ1) is 13.9. The molecule has 3 nitrogen and oxygen atoms in total. The molecule has 7 heteroatoms. The summed E-state index contributed by atoms with van der Waals surface area (Å²) in [5.41, 5.74) is 4.02. The smallest absolute Gasteiger partial charge is 0.116 e. The van der Waals surface area contributed by atoms with Gasteiger partial charge in [0, 0.05) is 5.39 Å². The average molecular weight is 263 g/mol. The van der Waals surface area contributed by atoms with Crippen LogP contribution in [0.2, 0.25) is 0 Å². The summed E-state index contributed by atoms with van der Waals surface area (Å²) in [5.74, 6) is 0.606. The van der Waals surface area contributed by atoms with E-state index < -0.39 is 0 Å². The molecule has 0 radical (unpaired) electrons. The van der Waals surface area contributed by atoms with E-state index in [0.29, 0.717) is 5.92 Å². The summed E-state index contributed by atoms with van der Waals surface area (Å²) in [4.78, 5) is 0. The maximum atomic E-state index is 4.15. The summed E-state index contributed by atoms with van der Waals surface area (Å²) < 4.78 is 0. The van der Waals surface area contributed by atoms with Gasteiger partial charge in [-0.2, -0.15) is 5.10 Å². The predicted octanol–water partition coefficient (Wildman–Crippen LogP) is -1.82. The van der Waals surface area contributed by atoms with Crippen LogP contribution in [0.1, 0.15) is 29.9 Å². The lowest BCUT2D eigenvalue weighted by molar-refractivity contribution is 0.346. The van der Waals surface area contributed by atoms with Crippen LogP contribution in [0.15, 0.2) is 18.3 Å². The highest BCUT2D eigenvalue weighted by atomic mass is 15.1. The Balaban J connectivity index is 2.03. The Kier molecular flexibility index (Phi) is 3.09. The molecule has 1 aliphatic rings. The first-order chi connectivity index (χ1) is 9.26. The molecule has 0 bridgehead atoms. The van der Waals surface area contributed by atoms with E-state index in [4.69, 9.17) is 0 Å². The second kappa shape index (κ2) is 4.45. The number of nitrogens with zero attached hydrogens (tertiary/aromatic N) is 1. The molecule has 1 aromatic heterocycles. The Labute approximate surface area is 124 Å². The summed E-state index contributed by atoms with van der Waals surface area (Å²) in [5, 5.41) is 12.6. The molecular weight excluding hydrogens is 241 g/mol. The molecule has 2 N–H and O–H groups in total. The van der Waals surface area contributed by atoms with Crippen molar-refractivity contribution in [2.24, 2.45) is 0 Å². The van der Waals surface area contributed by atoms with Crippen LogP contribution in [0.4, 0.5) is 0 Å². The Bertz CT molecular complexity index is 634. The number of hydrogen-bond donors (Lipinski definition) is 2. The fourth-order valence-corrected chi connectivity index (χ4v) is 4.10. The number of H-pyrrole nitrogens is 1. The van der Waals surface area contributed by atoms with Crippen LogP contribution < -0.4 is 5.32 Å². The van der Waals surface area contributed by atoms with Gasteiger partial charge in [0.05, 0.1) is 11.7 Å². The maximum absolute atomic E-state index is 4.15. The molecule has 2 aromatic rings. The molecule has 0 spiro atoms. The van der Waals surface area contributed by atoms with Gasteiger partial charge in [-0.15, -0.1) is 0 Å².